The van der Waals surface area contributed by atoms with Crippen molar-refractivity contribution in [1.29, 1.82) is 0 Å². The minimum atomic E-state index is -1.71. The summed E-state index contributed by atoms with van der Waals surface area (Å²) in [6.07, 6.45) is -3.18. The summed E-state index contributed by atoms with van der Waals surface area (Å²) in [5, 5.41) is 28.2. The second kappa shape index (κ2) is 6.49. The minimum Gasteiger partial charge on any atom is -0.491 e. The van der Waals surface area contributed by atoms with E-state index in [4.69, 9.17) is 14.3 Å². The van der Waals surface area contributed by atoms with Crippen molar-refractivity contribution in [3.05, 3.63) is 40.8 Å². The van der Waals surface area contributed by atoms with Gasteiger partial charge in [-0.15, -0.1) is 0 Å². The van der Waals surface area contributed by atoms with Crippen LogP contribution in [-0.2, 0) is 4.79 Å². The van der Waals surface area contributed by atoms with Crippen LogP contribution in [-0.4, -0.2) is 46.5 Å². The molecule has 2 aromatic rings. The van der Waals surface area contributed by atoms with E-state index in [1.807, 2.05) is 0 Å². The highest BCUT2D eigenvalue weighted by molar-refractivity contribution is 5.84. The topological polar surface area (TPSA) is 117 Å². The molecule has 7 nitrogen and oxygen atoms in total. The average molecular weight is 294 g/mol. The lowest BCUT2D eigenvalue weighted by Crippen LogP contribution is -2.39. The molecule has 0 aliphatic heterocycles. The van der Waals surface area contributed by atoms with E-state index in [2.05, 4.69) is 0 Å². The molecule has 7 heteroatoms. The summed E-state index contributed by atoms with van der Waals surface area (Å²) in [7, 11) is 0. The molecule has 0 fully saturated rings. The fraction of sp³-hybridized carbons (Fsp3) is 0.286. The van der Waals surface area contributed by atoms with Gasteiger partial charge in [-0.3, -0.25) is 4.79 Å². The third kappa shape index (κ3) is 3.66. The summed E-state index contributed by atoms with van der Waals surface area (Å²) in [5.41, 5.74) is -0.176. The normalized spacial score (nSPS) is 13.9. The van der Waals surface area contributed by atoms with Gasteiger partial charge < -0.3 is 24.5 Å². The number of benzene rings is 1. The Morgan fingerprint density at radius 1 is 1.24 bits per heavy atom. The molecule has 0 amide bonds. The van der Waals surface area contributed by atoms with Gasteiger partial charge in [-0.25, -0.2) is 4.79 Å². The molecule has 0 unspecified atom stereocenters. The van der Waals surface area contributed by atoms with Crippen LogP contribution in [0.15, 0.2) is 39.5 Å². The molecule has 2 atom stereocenters. The Bertz CT molecular complexity index is 691. The van der Waals surface area contributed by atoms with Gasteiger partial charge in [0.15, 0.2) is 5.78 Å². The molecule has 0 saturated carbocycles. The zero-order chi connectivity index (χ0) is 15.4. The van der Waals surface area contributed by atoms with Crippen molar-refractivity contribution in [2.75, 3.05) is 13.2 Å². The molecule has 1 aromatic heterocycles. The van der Waals surface area contributed by atoms with Gasteiger partial charge in [-0.2, -0.15) is 0 Å². The molecular weight excluding hydrogens is 280 g/mol. The SMILES string of the molecule is O=C(CO)[C@@H](O)[C@@H](O)COc1ccc2ccc(=O)oc2c1. The number of ketones is 1. The van der Waals surface area contributed by atoms with Crippen LogP contribution in [0.4, 0.5) is 0 Å². The Balaban J connectivity index is 2.06. The van der Waals surface area contributed by atoms with Gasteiger partial charge >= 0.3 is 5.63 Å². The van der Waals surface area contributed by atoms with Crippen molar-refractivity contribution >= 4 is 16.8 Å². The van der Waals surface area contributed by atoms with Crippen LogP contribution in [0, 0.1) is 0 Å². The first kappa shape index (κ1) is 15.2. The first-order valence-electron chi connectivity index (χ1n) is 6.17. The van der Waals surface area contributed by atoms with E-state index in [0.29, 0.717) is 16.7 Å². The Hall–Kier alpha value is -2.22. The number of Topliss-reactive ketones (excluding diaryl/α,β-unsaturated/α-hetero) is 1. The molecule has 112 valence electrons. The van der Waals surface area contributed by atoms with E-state index in [1.165, 1.54) is 12.1 Å². The minimum absolute atomic E-state index is 0.305. The Labute approximate surface area is 119 Å². The summed E-state index contributed by atoms with van der Waals surface area (Å²) in [5.74, 6) is -0.588. The Morgan fingerprint density at radius 2 is 1.95 bits per heavy atom. The lowest BCUT2D eigenvalue weighted by molar-refractivity contribution is -0.136. The van der Waals surface area contributed by atoms with Crippen LogP contribution < -0.4 is 10.4 Å². The molecule has 0 aliphatic carbocycles. The maximum atomic E-state index is 11.1. The van der Waals surface area contributed by atoms with Crippen molar-refractivity contribution in [3.63, 3.8) is 0 Å². The first-order chi connectivity index (χ1) is 10.0. The summed E-state index contributed by atoms with van der Waals surface area (Å²) in [6, 6.07) is 7.61. The highest BCUT2D eigenvalue weighted by Gasteiger charge is 2.23. The fourth-order valence-electron chi connectivity index (χ4n) is 1.71. The fourth-order valence-corrected chi connectivity index (χ4v) is 1.71. The van der Waals surface area contributed by atoms with E-state index in [0.717, 1.165) is 0 Å². The van der Waals surface area contributed by atoms with Gasteiger partial charge in [0.25, 0.3) is 0 Å². The maximum Gasteiger partial charge on any atom is 0.336 e. The molecule has 2 rings (SSSR count). The predicted octanol–water partition coefficient (Wildman–Crippen LogP) is -0.545. The lowest BCUT2D eigenvalue weighted by atomic mass is 10.1. The van der Waals surface area contributed by atoms with Gasteiger partial charge in [-0.05, 0) is 18.2 Å². The Kier molecular flexibility index (Phi) is 4.69. The number of fused-ring (bicyclic) bond motifs is 1. The van der Waals surface area contributed by atoms with Gasteiger partial charge in [0.05, 0.1) is 0 Å². The molecule has 0 aliphatic rings. The molecule has 0 saturated heterocycles. The Morgan fingerprint density at radius 3 is 2.67 bits per heavy atom. The summed E-state index contributed by atoms with van der Waals surface area (Å²) in [4.78, 5) is 22.1. The maximum absolute atomic E-state index is 11.1. The smallest absolute Gasteiger partial charge is 0.336 e. The zero-order valence-electron chi connectivity index (χ0n) is 10.9. The number of carbonyl (C=O) groups is 1. The van der Waals surface area contributed by atoms with E-state index in [9.17, 15) is 19.8 Å². The molecule has 1 aromatic carbocycles. The number of carbonyl (C=O) groups excluding carboxylic acids is 1. The second-order valence-corrected chi connectivity index (χ2v) is 4.40. The quantitative estimate of drug-likeness (QED) is 0.612. The van der Waals surface area contributed by atoms with Gasteiger partial charge in [0.1, 0.15) is 36.8 Å². The highest BCUT2D eigenvalue weighted by Crippen LogP contribution is 2.19. The zero-order valence-corrected chi connectivity index (χ0v) is 10.9. The van der Waals surface area contributed by atoms with E-state index in [-0.39, 0.29) is 6.61 Å². The number of hydrogen-bond donors (Lipinski definition) is 3. The van der Waals surface area contributed by atoms with Crippen LogP contribution >= 0.6 is 0 Å². The van der Waals surface area contributed by atoms with Crippen molar-refractivity contribution in [1.82, 2.24) is 0 Å². The van der Waals surface area contributed by atoms with Gasteiger partial charge in [0, 0.05) is 17.5 Å². The van der Waals surface area contributed by atoms with Crippen molar-refractivity contribution in [2.45, 2.75) is 12.2 Å². The van der Waals surface area contributed by atoms with Crippen LogP contribution in [0.25, 0.3) is 11.0 Å². The van der Waals surface area contributed by atoms with Crippen LogP contribution in [0.3, 0.4) is 0 Å². The van der Waals surface area contributed by atoms with Crippen LogP contribution in [0.5, 0.6) is 5.75 Å². The largest absolute Gasteiger partial charge is 0.491 e. The van der Waals surface area contributed by atoms with Crippen molar-refractivity contribution in [2.24, 2.45) is 0 Å². The summed E-state index contributed by atoms with van der Waals surface area (Å²) < 4.78 is 10.2. The average Bonchev–Trinajstić information content (AvgIpc) is 2.50. The summed E-state index contributed by atoms with van der Waals surface area (Å²) >= 11 is 0. The third-order valence-corrected chi connectivity index (χ3v) is 2.87. The molecule has 3 N–H and O–H groups in total. The molecule has 0 radical (unpaired) electrons. The molecule has 0 bridgehead atoms. The molecule has 0 spiro atoms. The number of aliphatic hydroxyl groups excluding tert-OH is 3. The predicted molar refractivity (Wildman–Crippen MR) is 72.1 cm³/mol. The van der Waals surface area contributed by atoms with E-state index in [1.54, 1.807) is 18.2 Å². The first-order valence-corrected chi connectivity index (χ1v) is 6.17. The highest BCUT2D eigenvalue weighted by atomic mass is 16.5. The second-order valence-electron chi connectivity index (χ2n) is 4.40. The van der Waals surface area contributed by atoms with Gasteiger partial charge in [0.2, 0.25) is 0 Å². The lowest BCUT2D eigenvalue weighted by Gasteiger charge is -2.16. The number of rotatable bonds is 6. The number of hydrogen-bond acceptors (Lipinski definition) is 7. The standard InChI is InChI=1S/C14H14O7/c15-6-10(16)14(19)11(17)7-20-9-3-1-8-2-4-13(18)21-12(8)5-9/h1-5,11,14-15,17,19H,6-7H2/t11-,14+/m0/s1. The number of aliphatic hydroxyl groups is 3. The summed E-state index contributed by atoms with van der Waals surface area (Å²) in [6.45, 7) is -1.21. The molecule has 1 heterocycles. The van der Waals surface area contributed by atoms with Crippen molar-refractivity contribution in [3.8, 4) is 5.75 Å². The van der Waals surface area contributed by atoms with Gasteiger partial charge in [-0.1, -0.05) is 0 Å². The molecule has 21 heavy (non-hydrogen) atoms. The molecular formula is C14H14O7. The monoisotopic (exact) mass is 294 g/mol. The van der Waals surface area contributed by atoms with Crippen LogP contribution in [0.1, 0.15) is 0 Å². The van der Waals surface area contributed by atoms with E-state index < -0.39 is 30.2 Å². The van der Waals surface area contributed by atoms with Crippen LogP contribution in [0.2, 0.25) is 0 Å². The van der Waals surface area contributed by atoms with Crippen molar-refractivity contribution < 1.29 is 29.3 Å². The third-order valence-electron chi connectivity index (χ3n) is 2.87. The number of ether oxygens (including phenoxy) is 1. The van der Waals surface area contributed by atoms with E-state index >= 15 is 0 Å².